The van der Waals surface area contributed by atoms with E-state index in [2.05, 4.69) is 0 Å². The van der Waals surface area contributed by atoms with E-state index in [-0.39, 0.29) is 6.61 Å². The molecular weight excluding hydrogens is 310 g/mol. The molecule has 0 unspecified atom stereocenters. The van der Waals surface area contributed by atoms with Crippen molar-refractivity contribution in [3.05, 3.63) is 35.5 Å². The van der Waals surface area contributed by atoms with Gasteiger partial charge in [-0.2, -0.15) is 0 Å². The van der Waals surface area contributed by atoms with Crippen molar-refractivity contribution < 1.29 is 23.8 Å². The quantitative estimate of drug-likeness (QED) is 0.750. The summed E-state index contributed by atoms with van der Waals surface area (Å²) in [5, 5.41) is 0.766. The summed E-state index contributed by atoms with van der Waals surface area (Å²) in [5.41, 5.74) is 1.16. The number of ether oxygens (including phenoxy) is 3. The third-order valence-corrected chi connectivity index (χ3v) is 3.57. The fraction of sp³-hybridized carbons (Fsp3) is 0.333. The first kappa shape index (κ1) is 16.1. The van der Waals surface area contributed by atoms with Crippen molar-refractivity contribution in [1.82, 2.24) is 4.57 Å². The summed E-state index contributed by atoms with van der Waals surface area (Å²) >= 11 is 0. The first-order valence-electron chi connectivity index (χ1n) is 7.59. The molecule has 1 aliphatic heterocycles. The van der Waals surface area contributed by atoms with E-state index in [0.29, 0.717) is 22.4 Å². The fourth-order valence-electron chi connectivity index (χ4n) is 2.61. The van der Waals surface area contributed by atoms with Crippen LogP contribution < -0.4 is 4.74 Å². The summed E-state index contributed by atoms with van der Waals surface area (Å²) in [4.78, 5) is 24.3. The highest BCUT2D eigenvalue weighted by Gasteiger charge is 2.24. The molecule has 0 spiro atoms. The maximum Gasteiger partial charge on any atom is 0.419 e. The monoisotopic (exact) mass is 329 g/mol. The predicted molar refractivity (Wildman–Crippen MR) is 89.1 cm³/mol. The van der Waals surface area contributed by atoms with Crippen LogP contribution in [0.2, 0.25) is 0 Å². The van der Waals surface area contributed by atoms with E-state index in [1.807, 2.05) is 26.8 Å². The first-order valence-corrected chi connectivity index (χ1v) is 7.59. The molecule has 0 amide bonds. The van der Waals surface area contributed by atoms with Gasteiger partial charge in [0.1, 0.15) is 18.0 Å². The molecule has 2 heterocycles. The summed E-state index contributed by atoms with van der Waals surface area (Å²) in [7, 11) is 1.32. The minimum Gasteiger partial charge on any atom is -0.488 e. The Morgan fingerprint density at radius 3 is 2.67 bits per heavy atom. The minimum absolute atomic E-state index is 0.118. The van der Waals surface area contributed by atoms with Crippen LogP contribution in [0, 0.1) is 0 Å². The van der Waals surface area contributed by atoms with Crippen LogP contribution in [-0.4, -0.2) is 35.9 Å². The smallest absolute Gasteiger partial charge is 0.419 e. The normalized spacial score (nSPS) is 13.8. The Kier molecular flexibility index (Phi) is 3.83. The molecule has 0 atom stereocenters. The van der Waals surface area contributed by atoms with Gasteiger partial charge in [0.15, 0.2) is 0 Å². The van der Waals surface area contributed by atoms with Gasteiger partial charge in [0, 0.05) is 17.1 Å². The Bertz CT molecular complexity index is 854. The molecule has 0 N–H and O–H groups in total. The van der Waals surface area contributed by atoms with Crippen molar-refractivity contribution in [3.63, 3.8) is 0 Å². The number of carbonyl (C=O) groups is 2. The standard InChI is InChI=1S/C18H19NO5/c1-18(2,3)24-17(21)19-9-11-8-12(16(20)22-4)10-23-14-7-5-6-13(19)15(11)14/h5-9H,10H2,1-4H3. The molecule has 6 nitrogen and oxygen atoms in total. The molecule has 0 bridgehead atoms. The van der Waals surface area contributed by atoms with E-state index in [4.69, 9.17) is 14.2 Å². The molecule has 0 saturated carbocycles. The number of hydrogen-bond donors (Lipinski definition) is 0. The van der Waals surface area contributed by atoms with Crippen LogP contribution >= 0.6 is 0 Å². The van der Waals surface area contributed by atoms with Crippen molar-refractivity contribution in [2.24, 2.45) is 0 Å². The lowest BCUT2D eigenvalue weighted by atomic mass is 10.1. The van der Waals surface area contributed by atoms with Gasteiger partial charge in [0.2, 0.25) is 0 Å². The fourth-order valence-corrected chi connectivity index (χ4v) is 2.61. The zero-order valence-corrected chi connectivity index (χ0v) is 14.1. The second kappa shape index (κ2) is 5.70. The molecule has 0 radical (unpaired) electrons. The van der Waals surface area contributed by atoms with Crippen molar-refractivity contribution in [1.29, 1.82) is 0 Å². The van der Waals surface area contributed by atoms with Crippen molar-refractivity contribution >= 4 is 29.0 Å². The van der Waals surface area contributed by atoms with Crippen molar-refractivity contribution in [2.45, 2.75) is 26.4 Å². The van der Waals surface area contributed by atoms with Gasteiger partial charge in [-0.05, 0) is 39.0 Å². The third kappa shape index (κ3) is 2.87. The number of methoxy groups -OCH3 is 1. The average molecular weight is 329 g/mol. The number of carbonyl (C=O) groups excluding carboxylic acids is 2. The highest BCUT2D eigenvalue weighted by Crippen LogP contribution is 2.35. The zero-order valence-electron chi connectivity index (χ0n) is 14.1. The zero-order chi connectivity index (χ0) is 17.5. The predicted octanol–water partition coefficient (Wildman–Crippen LogP) is 3.37. The first-order chi connectivity index (χ1) is 11.3. The van der Waals surface area contributed by atoms with Crippen LogP contribution in [0.5, 0.6) is 5.75 Å². The number of benzene rings is 1. The lowest BCUT2D eigenvalue weighted by Gasteiger charge is -2.19. The van der Waals surface area contributed by atoms with Crippen LogP contribution in [0.4, 0.5) is 4.79 Å². The molecule has 6 heteroatoms. The number of hydrogen-bond acceptors (Lipinski definition) is 5. The van der Waals surface area contributed by atoms with E-state index in [1.165, 1.54) is 11.7 Å². The van der Waals surface area contributed by atoms with Crippen LogP contribution in [0.3, 0.4) is 0 Å². The minimum atomic E-state index is -0.605. The lowest BCUT2D eigenvalue weighted by Crippen LogP contribution is -2.26. The van der Waals surface area contributed by atoms with Gasteiger partial charge in [0.25, 0.3) is 0 Å². The Morgan fingerprint density at radius 2 is 2.00 bits per heavy atom. The summed E-state index contributed by atoms with van der Waals surface area (Å²) in [6, 6.07) is 5.41. The van der Waals surface area contributed by atoms with Crippen molar-refractivity contribution in [3.8, 4) is 5.75 Å². The Labute approximate surface area is 139 Å². The van der Waals surface area contributed by atoms with Crippen LogP contribution in [0.1, 0.15) is 26.3 Å². The number of aromatic nitrogens is 1. The molecule has 0 saturated heterocycles. The number of nitrogens with zero attached hydrogens (tertiary/aromatic N) is 1. The van der Waals surface area contributed by atoms with E-state index in [1.54, 1.807) is 24.4 Å². The molecule has 0 aliphatic carbocycles. The van der Waals surface area contributed by atoms with Gasteiger partial charge >= 0.3 is 12.1 Å². The largest absolute Gasteiger partial charge is 0.488 e. The Balaban J connectivity index is 2.15. The summed E-state index contributed by atoms with van der Waals surface area (Å²) < 4.78 is 17.4. The molecule has 24 heavy (non-hydrogen) atoms. The van der Waals surface area contributed by atoms with Crippen molar-refractivity contribution in [2.75, 3.05) is 13.7 Å². The maximum atomic E-state index is 12.5. The lowest BCUT2D eigenvalue weighted by molar-refractivity contribution is -0.136. The number of rotatable bonds is 1. The molecular formula is C18H19NO5. The molecule has 1 aliphatic rings. The van der Waals surface area contributed by atoms with Gasteiger partial charge in [-0.15, -0.1) is 0 Å². The second-order valence-corrected chi connectivity index (χ2v) is 6.53. The second-order valence-electron chi connectivity index (χ2n) is 6.53. The van der Waals surface area contributed by atoms with Crippen LogP contribution in [-0.2, 0) is 14.3 Å². The molecule has 3 rings (SSSR count). The third-order valence-electron chi connectivity index (χ3n) is 3.57. The topological polar surface area (TPSA) is 66.8 Å². The highest BCUT2D eigenvalue weighted by atomic mass is 16.6. The molecule has 1 aromatic carbocycles. The van der Waals surface area contributed by atoms with E-state index in [9.17, 15) is 9.59 Å². The Morgan fingerprint density at radius 1 is 1.25 bits per heavy atom. The van der Waals surface area contributed by atoms with Gasteiger partial charge in [0.05, 0.1) is 18.2 Å². The summed E-state index contributed by atoms with van der Waals surface area (Å²) in [5.74, 6) is 0.154. The van der Waals surface area contributed by atoms with Gasteiger partial charge in [-0.1, -0.05) is 6.07 Å². The highest BCUT2D eigenvalue weighted by molar-refractivity contribution is 6.03. The summed E-state index contributed by atoms with van der Waals surface area (Å²) in [6.45, 7) is 5.55. The molecule has 0 fully saturated rings. The van der Waals surface area contributed by atoms with E-state index >= 15 is 0 Å². The van der Waals surface area contributed by atoms with E-state index in [0.717, 1.165) is 5.39 Å². The molecule has 2 aromatic rings. The number of esters is 1. The van der Waals surface area contributed by atoms with Gasteiger partial charge in [-0.3, -0.25) is 4.57 Å². The molecule has 126 valence electrons. The van der Waals surface area contributed by atoms with Gasteiger partial charge in [-0.25, -0.2) is 9.59 Å². The SMILES string of the molecule is COC(=O)C1=Cc2cn(C(=O)OC(C)(C)C)c3cccc(c23)OC1. The average Bonchev–Trinajstić information content (AvgIpc) is 2.77. The maximum absolute atomic E-state index is 12.5. The van der Waals surface area contributed by atoms with E-state index < -0.39 is 17.7 Å². The van der Waals surface area contributed by atoms with Crippen LogP contribution in [0.15, 0.2) is 30.0 Å². The van der Waals surface area contributed by atoms with Crippen LogP contribution in [0.25, 0.3) is 17.0 Å². The summed E-state index contributed by atoms with van der Waals surface area (Å²) in [6.07, 6.45) is 2.86. The Hall–Kier alpha value is -2.76. The van der Waals surface area contributed by atoms with Gasteiger partial charge < -0.3 is 14.2 Å². The molecule has 1 aromatic heterocycles.